The van der Waals surface area contributed by atoms with Crippen molar-refractivity contribution in [2.24, 2.45) is 0 Å². The van der Waals surface area contributed by atoms with E-state index in [0.29, 0.717) is 16.1 Å². The van der Waals surface area contributed by atoms with Gasteiger partial charge in [-0.3, -0.25) is 4.79 Å². The topological polar surface area (TPSA) is 47.0 Å². The molecule has 2 aromatic heterocycles. The largest absolute Gasteiger partial charge is 1.00 e. The molecular weight excluding hydrogens is 580 g/mol. The summed E-state index contributed by atoms with van der Waals surface area (Å²) < 4.78 is 4.07. The van der Waals surface area contributed by atoms with E-state index in [4.69, 9.17) is 5.73 Å². The number of benzene rings is 2. The smallest absolute Gasteiger partial charge is 0.259 e. The molecule has 0 aliphatic rings. The number of rotatable bonds is 7. The average Bonchev–Trinajstić information content (AvgIpc) is 3.10. The molecule has 0 radical (unpaired) electrons. The van der Waals surface area contributed by atoms with Gasteiger partial charge in [0.1, 0.15) is 14.8 Å². The standard InChI is InChI=1S/C26H23BrN2OS2.BrH/c1-17-14-18(2)16-29(15-17)23-22(28)25(24(30)20-8-10-21(27)11-9-20)32-26(23)31-13-12-19-6-4-3-5-7-19;/h3-11,14-16H,12-13H2,1-2H3,(H-,28,30);1H. The average molecular weight is 604 g/mol. The lowest BCUT2D eigenvalue weighted by Gasteiger charge is -2.03. The second-order valence-electron chi connectivity index (χ2n) is 7.70. The van der Waals surface area contributed by atoms with E-state index in [1.807, 2.05) is 30.3 Å². The first kappa shape index (κ1) is 25.7. The Kier molecular flexibility index (Phi) is 8.93. The Morgan fingerprint density at radius 3 is 2.30 bits per heavy atom. The maximum atomic E-state index is 13.3. The van der Waals surface area contributed by atoms with Crippen LogP contribution in [0.5, 0.6) is 0 Å². The number of carbonyl (C=O) groups excluding carboxylic acids is 1. The summed E-state index contributed by atoms with van der Waals surface area (Å²) in [4.78, 5) is 13.9. The highest BCUT2D eigenvalue weighted by Gasteiger charge is 2.28. The summed E-state index contributed by atoms with van der Waals surface area (Å²) in [6.45, 7) is 4.14. The third-order valence-corrected chi connectivity index (χ3v) is 8.05. The van der Waals surface area contributed by atoms with E-state index in [-0.39, 0.29) is 22.8 Å². The molecule has 2 N–H and O–H groups in total. The number of thioether (sulfide) groups is 1. The van der Waals surface area contributed by atoms with Crippen molar-refractivity contribution in [1.29, 1.82) is 0 Å². The lowest BCUT2D eigenvalue weighted by Crippen LogP contribution is -3.00. The molecule has 3 nitrogen and oxygen atoms in total. The molecule has 33 heavy (non-hydrogen) atoms. The van der Waals surface area contributed by atoms with Gasteiger partial charge in [-0.2, -0.15) is 4.57 Å². The maximum Gasteiger partial charge on any atom is 0.259 e. The number of hydrogen-bond acceptors (Lipinski definition) is 4. The molecule has 2 heterocycles. The first-order valence-electron chi connectivity index (χ1n) is 10.3. The fourth-order valence-corrected chi connectivity index (χ4v) is 6.39. The number of anilines is 1. The molecular formula is C26H24Br2N2OS2. The number of nitrogens with two attached hydrogens (primary N) is 1. The molecule has 0 bridgehead atoms. The predicted octanol–water partition coefficient (Wildman–Crippen LogP) is 3.56. The molecule has 0 saturated carbocycles. The van der Waals surface area contributed by atoms with Crippen molar-refractivity contribution < 1.29 is 26.3 Å². The van der Waals surface area contributed by atoms with E-state index < -0.39 is 0 Å². The summed E-state index contributed by atoms with van der Waals surface area (Å²) in [6.07, 6.45) is 5.09. The number of nitrogens with zero attached hydrogens (tertiary/aromatic N) is 1. The van der Waals surface area contributed by atoms with Crippen molar-refractivity contribution in [2.45, 2.75) is 24.5 Å². The number of thiophene rings is 1. The zero-order valence-corrected chi connectivity index (χ0v) is 23.2. The van der Waals surface area contributed by atoms with Crippen molar-refractivity contribution in [3.8, 4) is 5.69 Å². The van der Waals surface area contributed by atoms with Gasteiger partial charge in [-0.25, -0.2) is 0 Å². The minimum atomic E-state index is -0.0406. The number of halogens is 2. The summed E-state index contributed by atoms with van der Waals surface area (Å²) in [5, 5.41) is 0. The normalized spacial score (nSPS) is 10.6. The monoisotopic (exact) mass is 602 g/mol. The fraction of sp³-hybridized carbons (Fsp3) is 0.154. The van der Waals surface area contributed by atoms with Gasteiger partial charge in [-0.1, -0.05) is 46.3 Å². The molecule has 4 rings (SSSR count). The molecule has 4 aromatic rings. The van der Waals surface area contributed by atoms with Crippen LogP contribution in [0.25, 0.3) is 5.69 Å². The molecule has 0 aliphatic heterocycles. The summed E-state index contributed by atoms with van der Waals surface area (Å²) in [5.41, 5.74) is 12.3. The van der Waals surface area contributed by atoms with E-state index in [0.717, 1.165) is 37.7 Å². The van der Waals surface area contributed by atoms with Gasteiger partial charge < -0.3 is 22.7 Å². The predicted molar refractivity (Wildman–Crippen MR) is 138 cm³/mol. The molecule has 7 heteroatoms. The lowest BCUT2D eigenvalue weighted by molar-refractivity contribution is -0.597. The Bertz CT molecular complexity index is 1240. The number of aromatic nitrogens is 1. The van der Waals surface area contributed by atoms with Crippen LogP contribution in [-0.4, -0.2) is 11.5 Å². The van der Waals surface area contributed by atoms with Crippen LogP contribution >= 0.6 is 39.0 Å². The van der Waals surface area contributed by atoms with E-state index in [9.17, 15) is 4.79 Å². The van der Waals surface area contributed by atoms with Gasteiger partial charge in [-0.15, -0.1) is 23.1 Å². The number of carbonyl (C=O) groups is 1. The van der Waals surface area contributed by atoms with E-state index in [1.165, 1.54) is 16.9 Å². The molecule has 170 valence electrons. The van der Waals surface area contributed by atoms with Crippen molar-refractivity contribution in [1.82, 2.24) is 0 Å². The SMILES string of the molecule is Cc1cc(C)c[n+](-c2c(SCCc3ccccc3)sc(C(=O)c3ccc(Br)cc3)c2N)c1.[Br-]. The minimum Gasteiger partial charge on any atom is -1.00 e. The highest BCUT2D eigenvalue weighted by atomic mass is 79.9. The molecule has 0 saturated heterocycles. The van der Waals surface area contributed by atoms with Crippen LogP contribution in [0.2, 0.25) is 0 Å². The summed E-state index contributed by atoms with van der Waals surface area (Å²) in [7, 11) is 0. The number of ketones is 1. The van der Waals surface area contributed by atoms with Crippen LogP contribution in [-0.2, 0) is 6.42 Å². The first-order valence-corrected chi connectivity index (χ1v) is 12.9. The van der Waals surface area contributed by atoms with E-state index in [2.05, 4.69) is 77.1 Å². The van der Waals surface area contributed by atoms with Crippen LogP contribution < -0.4 is 27.3 Å². The fourth-order valence-electron chi connectivity index (χ4n) is 3.60. The number of hydrogen-bond donors (Lipinski definition) is 1. The van der Waals surface area contributed by atoms with E-state index >= 15 is 0 Å². The highest BCUT2D eigenvalue weighted by Crippen LogP contribution is 2.40. The second-order valence-corrected chi connectivity index (χ2v) is 11.0. The van der Waals surface area contributed by atoms with Crippen LogP contribution in [0.1, 0.15) is 31.9 Å². The molecule has 2 aromatic carbocycles. The lowest BCUT2D eigenvalue weighted by atomic mass is 10.1. The van der Waals surface area contributed by atoms with Gasteiger partial charge >= 0.3 is 0 Å². The van der Waals surface area contributed by atoms with Gasteiger partial charge in [0, 0.05) is 26.9 Å². The Hall–Kier alpha value is -1.93. The van der Waals surface area contributed by atoms with Crippen LogP contribution in [0.15, 0.2) is 81.7 Å². The molecule has 0 unspecified atom stereocenters. The van der Waals surface area contributed by atoms with Gasteiger partial charge in [-0.05, 0) is 56.2 Å². The summed E-state index contributed by atoms with van der Waals surface area (Å²) >= 11 is 6.68. The Labute approximate surface area is 222 Å². The quantitative estimate of drug-likeness (QED) is 0.200. The third-order valence-electron chi connectivity index (χ3n) is 5.07. The van der Waals surface area contributed by atoms with Crippen LogP contribution in [0.4, 0.5) is 5.69 Å². The third kappa shape index (κ3) is 6.15. The summed E-state index contributed by atoms with van der Waals surface area (Å²) in [5.74, 6) is 0.870. The molecule has 0 spiro atoms. The Morgan fingerprint density at radius 2 is 1.67 bits per heavy atom. The van der Waals surface area contributed by atoms with Crippen LogP contribution in [0.3, 0.4) is 0 Å². The van der Waals surface area contributed by atoms with Crippen molar-refractivity contribution >= 4 is 50.5 Å². The molecule has 0 atom stereocenters. The maximum absolute atomic E-state index is 13.3. The van der Waals surface area contributed by atoms with Gasteiger partial charge in [0.15, 0.2) is 12.4 Å². The zero-order chi connectivity index (χ0) is 22.7. The van der Waals surface area contributed by atoms with Crippen molar-refractivity contribution in [3.63, 3.8) is 0 Å². The van der Waals surface area contributed by atoms with Gasteiger partial charge in [0.05, 0.1) is 0 Å². The molecule has 0 fully saturated rings. The van der Waals surface area contributed by atoms with Crippen molar-refractivity contribution in [3.05, 3.63) is 105 Å². The Balaban J connectivity index is 0.00000306. The second kappa shape index (κ2) is 11.5. The first-order chi connectivity index (χ1) is 15.4. The van der Waals surface area contributed by atoms with Crippen LogP contribution in [0, 0.1) is 13.8 Å². The number of nitrogen functional groups attached to an aromatic ring is 1. The van der Waals surface area contributed by atoms with Gasteiger partial charge in [0.2, 0.25) is 5.78 Å². The Morgan fingerprint density at radius 1 is 1.03 bits per heavy atom. The minimum absolute atomic E-state index is 0. The van der Waals surface area contributed by atoms with E-state index in [1.54, 1.807) is 11.8 Å². The number of pyridine rings is 1. The van der Waals surface area contributed by atoms with Gasteiger partial charge in [0.25, 0.3) is 5.69 Å². The molecule has 0 aliphatic carbocycles. The van der Waals surface area contributed by atoms with Crippen molar-refractivity contribution in [2.75, 3.05) is 11.5 Å². The molecule has 0 amide bonds. The highest BCUT2D eigenvalue weighted by molar-refractivity contribution is 9.10. The zero-order valence-electron chi connectivity index (χ0n) is 18.3. The number of aryl methyl sites for hydroxylation is 3. The summed E-state index contributed by atoms with van der Waals surface area (Å²) in [6, 6.07) is 20.0.